The van der Waals surface area contributed by atoms with Crippen LogP contribution in [0.15, 0.2) is 12.4 Å². The maximum absolute atomic E-state index is 11.2. The molecule has 10 heteroatoms. The molecule has 0 aliphatic heterocycles. The van der Waals surface area contributed by atoms with E-state index in [-0.39, 0.29) is 32.3 Å². The second-order valence-corrected chi connectivity index (χ2v) is 8.81. The molecule has 0 aromatic carbocycles. The van der Waals surface area contributed by atoms with Crippen LogP contribution >= 0.6 is 23.2 Å². The largest absolute Gasteiger partial charge is 0.478 e. The highest BCUT2D eigenvalue weighted by molar-refractivity contribution is 6.32. The lowest BCUT2D eigenvalue weighted by Crippen LogP contribution is -2.17. The molecule has 0 aliphatic carbocycles. The third-order valence-electron chi connectivity index (χ3n) is 3.46. The summed E-state index contributed by atoms with van der Waals surface area (Å²) in [6.07, 6.45) is 2.62. The van der Waals surface area contributed by atoms with E-state index in [1.54, 1.807) is 0 Å². The summed E-state index contributed by atoms with van der Waals surface area (Å²) < 4.78 is 4.54. The molecular formula is C19H24Cl2N4O4. The van der Waals surface area contributed by atoms with Crippen LogP contribution in [0.25, 0.3) is 0 Å². The molecule has 2 aromatic rings. The average Bonchev–Trinajstić information content (AvgIpc) is 2.59. The molecule has 1 N–H and O–H groups in total. The second kappa shape index (κ2) is 9.45. The Labute approximate surface area is 179 Å². The fourth-order valence-corrected chi connectivity index (χ4v) is 2.25. The zero-order chi connectivity index (χ0) is 22.6. The minimum atomic E-state index is -1.12. The third-order valence-corrected chi connectivity index (χ3v) is 4.04. The van der Waals surface area contributed by atoms with E-state index in [0.717, 1.165) is 0 Å². The molecule has 0 amide bonds. The van der Waals surface area contributed by atoms with E-state index in [2.05, 4.69) is 24.7 Å². The summed E-state index contributed by atoms with van der Waals surface area (Å²) in [5.41, 5.74) is -0.314. The fraction of sp³-hybridized carbons (Fsp3) is 0.474. The molecule has 2 aromatic heterocycles. The number of hydrogen-bond donors (Lipinski definition) is 1. The number of carbonyl (C=O) groups excluding carboxylic acids is 1. The number of ether oxygens (including phenoxy) is 1. The number of carboxylic acid groups (broad SMARTS) is 1. The Morgan fingerprint density at radius 3 is 1.52 bits per heavy atom. The minimum absolute atomic E-state index is 0.0163. The van der Waals surface area contributed by atoms with Crippen LogP contribution in [-0.4, -0.2) is 44.1 Å². The van der Waals surface area contributed by atoms with Crippen molar-refractivity contribution in [3.63, 3.8) is 0 Å². The zero-order valence-corrected chi connectivity index (χ0v) is 18.9. The van der Waals surface area contributed by atoms with Crippen LogP contribution in [0.5, 0.6) is 0 Å². The minimum Gasteiger partial charge on any atom is -0.478 e. The van der Waals surface area contributed by atoms with Gasteiger partial charge < -0.3 is 9.84 Å². The Bertz CT molecular complexity index is 906. The first-order chi connectivity index (χ1) is 13.2. The molecule has 29 heavy (non-hydrogen) atoms. The summed E-state index contributed by atoms with van der Waals surface area (Å²) in [4.78, 5) is 37.9. The van der Waals surface area contributed by atoms with Crippen molar-refractivity contribution in [3.8, 4) is 0 Å². The van der Waals surface area contributed by atoms with Gasteiger partial charge in [0.05, 0.1) is 7.11 Å². The predicted molar refractivity (Wildman–Crippen MR) is 110 cm³/mol. The Hall–Kier alpha value is -2.32. The molecule has 0 fully saturated rings. The van der Waals surface area contributed by atoms with E-state index < -0.39 is 11.9 Å². The highest BCUT2D eigenvalue weighted by atomic mass is 35.5. The number of hydrogen-bond acceptors (Lipinski definition) is 7. The first kappa shape index (κ1) is 24.7. The fourth-order valence-electron chi connectivity index (χ4n) is 1.84. The van der Waals surface area contributed by atoms with Crippen molar-refractivity contribution in [3.05, 3.63) is 45.5 Å². The van der Waals surface area contributed by atoms with Crippen molar-refractivity contribution in [2.45, 2.75) is 52.4 Å². The van der Waals surface area contributed by atoms with E-state index in [1.165, 1.54) is 19.5 Å². The van der Waals surface area contributed by atoms with Gasteiger partial charge in [0.2, 0.25) is 0 Å². The van der Waals surface area contributed by atoms with Gasteiger partial charge in [-0.25, -0.2) is 29.5 Å². The number of halogens is 2. The maximum Gasteiger partial charge on any atom is 0.342 e. The number of carboxylic acids is 1. The van der Waals surface area contributed by atoms with Gasteiger partial charge in [0, 0.05) is 23.2 Å². The third kappa shape index (κ3) is 6.90. The van der Waals surface area contributed by atoms with Crippen molar-refractivity contribution in [2.24, 2.45) is 0 Å². The number of aromatic carboxylic acids is 1. The predicted octanol–water partition coefficient (Wildman–Crippen LogP) is 4.34. The molecule has 0 aliphatic rings. The number of esters is 1. The van der Waals surface area contributed by atoms with E-state index in [1.807, 2.05) is 41.5 Å². The molecule has 0 bridgehead atoms. The summed E-state index contributed by atoms with van der Waals surface area (Å²) in [5.74, 6) is -0.511. The lowest BCUT2D eigenvalue weighted by molar-refractivity contribution is 0.0598. The Kier molecular flexibility index (Phi) is 8.06. The molecule has 0 saturated heterocycles. The van der Waals surface area contributed by atoms with Crippen LogP contribution in [0.2, 0.25) is 10.3 Å². The van der Waals surface area contributed by atoms with Crippen molar-refractivity contribution in [1.82, 2.24) is 19.9 Å². The van der Waals surface area contributed by atoms with Gasteiger partial charge >= 0.3 is 11.9 Å². The number of rotatable bonds is 2. The molecule has 0 unspecified atom stereocenters. The standard InChI is InChI=1S/C10H13ClN2O2.C9H11ClN2O2/c1-10(2,3)9-12-5-6(7(11)13-9)8(14)15-4;1-9(2,3)8-11-4-5(7(13)14)6(10)12-8/h5H,1-4H3;4H,1-3H3,(H,13,14). The quantitative estimate of drug-likeness (QED) is 0.539. The van der Waals surface area contributed by atoms with E-state index in [0.29, 0.717) is 11.6 Å². The first-order valence-corrected chi connectivity index (χ1v) is 9.31. The van der Waals surface area contributed by atoms with Crippen LogP contribution in [0.4, 0.5) is 0 Å². The molecule has 158 valence electrons. The van der Waals surface area contributed by atoms with Crippen LogP contribution in [0.3, 0.4) is 0 Å². The lowest BCUT2D eigenvalue weighted by Gasteiger charge is -2.16. The molecule has 2 rings (SSSR count). The number of aromatic nitrogens is 4. The van der Waals surface area contributed by atoms with E-state index >= 15 is 0 Å². The monoisotopic (exact) mass is 442 g/mol. The average molecular weight is 443 g/mol. The SMILES string of the molecule is CC(C)(C)c1ncc(C(=O)O)c(Cl)n1.COC(=O)c1cnc(C(C)(C)C)nc1Cl. The number of methoxy groups -OCH3 is 1. The van der Waals surface area contributed by atoms with Gasteiger partial charge in [-0.1, -0.05) is 64.7 Å². The Balaban J connectivity index is 0.000000291. The molecule has 0 saturated carbocycles. The smallest absolute Gasteiger partial charge is 0.342 e. The molecule has 0 atom stereocenters. The second-order valence-electron chi connectivity index (χ2n) is 8.09. The topological polar surface area (TPSA) is 115 Å². The van der Waals surface area contributed by atoms with Gasteiger partial charge in [0.25, 0.3) is 0 Å². The summed E-state index contributed by atoms with van der Waals surface area (Å²) in [7, 11) is 1.29. The van der Waals surface area contributed by atoms with Gasteiger partial charge in [-0.2, -0.15) is 0 Å². The Morgan fingerprint density at radius 2 is 1.24 bits per heavy atom. The first-order valence-electron chi connectivity index (χ1n) is 8.56. The van der Waals surface area contributed by atoms with E-state index in [4.69, 9.17) is 28.3 Å². The van der Waals surface area contributed by atoms with Crippen LogP contribution in [0, 0.1) is 0 Å². The van der Waals surface area contributed by atoms with Gasteiger partial charge in [0.1, 0.15) is 33.1 Å². The zero-order valence-electron chi connectivity index (χ0n) is 17.4. The maximum atomic E-state index is 11.2. The van der Waals surface area contributed by atoms with Gasteiger partial charge in [-0.05, 0) is 0 Å². The normalized spacial score (nSPS) is 11.3. The molecule has 2 heterocycles. The number of nitrogens with zero attached hydrogens (tertiary/aromatic N) is 4. The van der Waals surface area contributed by atoms with Gasteiger partial charge in [0.15, 0.2) is 0 Å². The van der Waals surface area contributed by atoms with Crippen molar-refractivity contribution in [2.75, 3.05) is 7.11 Å². The van der Waals surface area contributed by atoms with Gasteiger partial charge in [-0.15, -0.1) is 0 Å². The molecule has 8 nitrogen and oxygen atoms in total. The van der Waals surface area contributed by atoms with Crippen LogP contribution in [0.1, 0.15) is 73.9 Å². The highest BCUT2D eigenvalue weighted by Crippen LogP contribution is 2.22. The number of carbonyl (C=O) groups is 2. The van der Waals surface area contributed by atoms with E-state index in [9.17, 15) is 9.59 Å². The summed E-state index contributed by atoms with van der Waals surface area (Å²) in [5, 5.41) is 8.81. The highest BCUT2D eigenvalue weighted by Gasteiger charge is 2.21. The van der Waals surface area contributed by atoms with Gasteiger partial charge in [-0.3, -0.25) is 0 Å². The summed E-state index contributed by atoms with van der Waals surface area (Å²) in [6.45, 7) is 11.7. The summed E-state index contributed by atoms with van der Waals surface area (Å²) in [6, 6.07) is 0. The van der Waals surface area contributed by atoms with Crippen molar-refractivity contribution >= 4 is 35.1 Å². The van der Waals surface area contributed by atoms with Crippen LogP contribution in [-0.2, 0) is 15.6 Å². The molecule has 0 radical (unpaired) electrons. The molecule has 0 spiro atoms. The van der Waals surface area contributed by atoms with Crippen molar-refractivity contribution in [1.29, 1.82) is 0 Å². The van der Waals surface area contributed by atoms with Crippen molar-refractivity contribution < 1.29 is 19.4 Å². The Morgan fingerprint density at radius 1 is 0.862 bits per heavy atom. The van der Waals surface area contributed by atoms with Crippen LogP contribution < -0.4 is 0 Å². The summed E-state index contributed by atoms with van der Waals surface area (Å²) >= 11 is 11.6. The lowest BCUT2D eigenvalue weighted by atomic mass is 9.96. The molecular weight excluding hydrogens is 419 g/mol.